The van der Waals surface area contributed by atoms with Gasteiger partial charge in [0, 0.05) is 31.1 Å². The van der Waals surface area contributed by atoms with Crippen LogP contribution in [0.2, 0.25) is 0 Å². The summed E-state index contributed by atoms with van der Waals surface area (Å²) in [5, 5.41) is 7.80. The lowest BCUT2D eigenvalue weighted by molar-refractivity contribution is -0.132. The number of carbonyl (C=O) groups is 1. The minimum Gasteiger partial charge on any atom is -0.355 e. The van der Waals surface area contributed by atoms with Crippen LogP contribution in [0.5, 0.6) is 0 Å². The van der Waals surface area contributed by atoms with Gasteiger partial charge in [-0.1, -0.05) is 49.6 Å². The second kappa shape index (κ2) is 7.31. The predicted molar refractivity (Wildman–Crippen MR) is 115 cm³/mol. The molecular weight excluding hydrogens is 364 g/mol. The smallest absolute Gasteiger partial charge is 0.227 e. The van der Waals surface area contributed by atoms with Crippen molar-refractivity contribution in [1.82, 2.24) is 10.2 Å². The van der Waals surface area contributed by atoms with Crippen molar-refractivity contribution in [2.24, 2.45) is 5.41 Å². The van der Waals surface area contributed by atoms with Crippen molar-refractivity contribution in [3.05, 3.63) is 58.3 Å². The minimum absolute atomic E-state index is 0.206. The molecule has 1 atom stereocenters. The molecule has 2 saturated heterocycles. The van der Waals surface area contributed by atoms with Crippen molar-refractivity contribution in [3.63, 3.8) is 0 Å². The zero-order valence-electron chi connectivity index (χ0n) is 16.5. The molecule has 1 aromatic heterocycles. The van der Waals surface area contributed by atoms with E-state index < -0.39 is 0 Å². The zero-order chi connectivity index (χ0) is 19.0. The molecule has 0 radical (unpaired) electrons. The van der Waals surface area contributed by atoms with Gasteiger partial charge in [0.25, 0.3) is 0 Å². The number of benzene rings is 1. The number of hydrogen-bond acceptors (Lipinski definition) is 3. The van der Waals surface area contributed by atoms with E-state index in [0.717, 1.165) is 32.5 Å². The first-order valence-electron chi connectivity index (χ1n) is 10.9. The van der Waals surface area contributed by atoms with Crippen LogP contribution < -0.4 is 5.32 Å². The standard InChI is InChI=1S/C24H30N2OS/c27-22-23(21(17-25-22)19-7-3-1-4-8-19)12-14-26(15-13-23)24(10-5-2-6-11-24)20-9-16-28-18-20/h1,3-4,7-9,16,18,21H,2,5-6,10-15,17H2,(H,25,27). The van der Waals surface area contributed by atoms with Crippen molar-refractivity contribution >= 4 is 17.2 Å². The number of thiophene rings is 1. The molecule has 28 heavy (non-hydrogen) atoms. The van der Waals surface area contributed by atoms with Crippen LogP contribution in [0.15, 0.2) is 47.2 Å². The van der Waals surface area contributed by atoms with Crippen molar-refractivity contribution in [1.29, 1.82) is 0 Å². The molecule has 3 heterocycles. The van der Waals surface area contributed by atoms with Gasteiger partial charge in [-0.15, -0.1) is 0 Å². The van der Waals surface area contributed by atoms with Gasteiger partial charge >= 0.3 is 0 Å². The molecule has 3 aliphatic rings. The maximum Gasteiger partial charge on any atom is 0.227 e. The molecule has 5 rings (SSSR count). The lowest BCUT2D eigenvalue weighted by atomic mass is 9.66. The Bertz CT molecular complexity index is 802. The number of nitrogens with zero attached hydrogens (tertiary/aromatic N) is 1. The third-order valence-electron chi connectivity index (χ3n) is 7.79. The van der Waals surface area contributed by atoms with Gasteiger partial charge in [0.1, 0.15) is 0 Å². The highest BCUT2D eigenvalue weighted by Crippen LogP contribution is 2.51. The molecule has 1 N–H and O–H groups in total. The monoisotopic (exact) mass is 394 g/mol. The third-order valence-corrected chi connectivity index (χ3v) is 8.47. The fraction of sp³-hybridized carbons (Fsp3) is 0.542. The van der Waals surface area contributed by atoms with E-state index in [2.05, 4.69) is 57.4 Å². The molecule has 1 saturated carbocycles. The van der Waals surface area contributed by atoms with Crippen LogP contribution in [0.4, 0.5) is 0 Å². The number of amides is 1. The summed E-state index contributed by atoms with van der Waals surface area (Å²) in [6.45, 7) is 2.86. The van der Waals surface area contributed by atoms with Crippen LogP contribution in [0.3, 0.4) is 0 Å². The first-order valence-corrected chi connectivity index (χ1v) is 11.8. The van der Waals surface area contributed by atoms with E-state index in [-0.39, 0.29) is 16.9 Å². The second-order valence-corrected chi connectivity index (χ2v) is 9.70. The van der Waals surface area contributed by atoms with Crippen LogP contribution in [-0.4, -0.2) is 30.4 Å². The quantitative estimate of drug-likeness (QED) is 0.803. The van der Waals surface area contributed by atoms with Gasteiger partial charge in [0.2, 0.25) is 5.91 Å². The fourth-order valence-corrected chi connectivity index (χ4v) is 6.96. The maximum absolute atomic E-state index is 13.0. The van der Waals surface area contributed by atoms with Gasteiger partial charge in [0.05, 0.1) is 5.41 Å². The summed E-state index contributed by atoms with van der Waals surface area (Å²) in [4.78, 5) is 15.7. The summed E-state index contributed by atoms with van der Waals surface area (Å²) < 4.78 is 0. The lowest BCUT2D eigenvalue weighted by Gasteiger charge is -2.51. The van der Waals surface area contributed by atoms with E-state index in [1.165, 1.54) is 43.2 Å². The van der Waals surface area contributed by atoms with E-state index in [9.17, 15) is 4.79 Å². The van der Waals surface area contributed by atoms with Gasteiger partial charge in [-0.3, -0.25) is 9.69 Å². The number of piperidine rings is 1. The summed E-state index contributed by atoms with van der Waals surface area (Å²) in [5.41, 5.74) is 2.82. The Hall–Kier alpha value is -1.65. The van der Waals surface area contributed by atoms with E-state index in [1.54, 1.807) is 0 Å². The Balaban J connectivity index is 1.41. The van der Waals surface area contributed by atoms with Crippen LogP contribution in [0, 0.1) is 5.41 Å². The van der Waals surface area contributed by atoms with Gasteiger partial charge in [0.15, 0.2) is 0 Å². The van der Waals surface area contributed by atoms with E-state index in [4.69, 9.17) is 0 Å². The number of carbonyl (C=O) groups excluding carboxylic acids is 1. The number of hydrogen-bond donors (Lipinski definition) is 1. The highest BCUT2D eigenvalue weighted by atomic mass is 32.1. The largest absolute Gasteiger partial charge is 0.355 e. The third kappa shape index (κ3) is 2.84. The Morgan fingerprint density at radius 2 is 1.71 bits per heavy atom. The average Bonchev–Trinajstić information content (AvgIpc) is 3.40. The molecule has 1 unspecified atom stereocenters. The zero-order valence-corrected chi connectivity index (χ0v) is 17.3. The minimum atomic E-state index is -0.220. The van der Waals surface area contributed by atoms with Crippen LogP contribution in [0.25, 0.3) is 0 Å². The van der Waals surface area contributed by atoms with E-state index in [0.29, 0.717) is 5.92 Å². The molecule has 2 aliphatic heterocycles. The van der Waals surface area contributed by atoms with Crippen LogP contribution >= 0.6 is 11.3 Å². The average molecular weight is 395 g/mol. The molecule has 4 heteroatoms. The van der Waals surface area contributed by atoms with Crippen LogP contribution in [-0.2, 0) is 10.3 Å². The highest BCUT2D eigenvalue weighted by molar-refractivity contribution is 7.08. The van der Waals surface area contributed by atoms with Crippen molar-refractivity contribution in [2.45, 2.75) is 56.4 Å². The molecule has 3 fully saturated rings. The normalized spacial score (nSPS) is 27.0. The molecule has 148 valence electrons. The first-order chi connectivity index (χ1) is 13.7. The van der Waals surface area contributed by atoms with Gasteiger partial charge in [-0.25, -0.2) is 0 Å². The number of likely N-dealkylation sites (tertiary alicyclic amines) is 1. The fourth-order valence-electron chi connectivity index (χ4n) is 6.21. The molecule has 1 aliphatic carbocycles. The SMILES string of the molecule is O=C1NCC(c2ccccc2)C12CCN(C1(c3ccsc3)CCCCC1)CC2. The maximum atomic E-state index is 13.0. The van der Waals surface area contributed by atoms with Gasteiger partial charge in [-0.05, 0) is 53.6 Å². The molecule has 1 spiro atoms. The lowest BCUT2D eigenvalue weighted by Crippen LogP contribution is -2.54. The Labute approximate surface area is 172 Å². The van der Waals surface area contributed by atoms with E-state index in [1.807, 2.05) is 11.3 Å². The van der Waals surface area contributed by atoms with Crippen molar-refractivity contribution in [2.75, 3.05) is 19.6 Å². The highest BCUT2D eigenvalue weighted by Gasteiger charge is 2.54. The second-order valence-electron chi connectivity index (χ2n) is 8.92. The summed E-state index contributed by atoms with van der Waals surface area (Å²) in [7, 11) is 0. The predicted octanol–water partition coefficient (Wildman–Crippen LogP) is 4.90. The van der Waals surface area contributed by atoms with Gasteiger partial charge < -0.3 is 5.32 Å². The summed E-state index contributed by atoms with van der Waals surface area (Å²) in [6.07, 6.45) is 8.50. The topological polar surface area (TPSA) is 32.3 Å². The Kier molecular flexibility index (Phi) is 4.80. The molecule has 1 aromatic carbocycles. The van der Waals surface area contributed by atoms with E-state index >= 15 is 0 Å². The summed E-state index contributed by atoms with van der Waals surface area (Å²) in [6, 6.07) is 13.0. The molecule has 0 bridgehead atoms. The Morgan fingerprint density at radius 3 is 2.39 bits per heavy atom. The van der Waals surface area contributed by atoms with Gasteiger partial charge in [-0.2, -0.15) is 11.3 Å². The number of rotatable bonds is 3. The number of nitrogens with one attached hydrogen (secondary N) is 1. The summed E-state index contributed by atoms with van der Waals surface area (Å²) >= 11 is 1.82. The van der Waals surface area contributed by atoms with Crippen molar-refractivity contribution in [3.8, 4) is 0 Å². The molecule has 2 aromatic rings. The molecule has 3 nitrogen and oxygen atoms in total. The molecular formula is C24H30N2OS. The first kappa shape index (κ1) is 18.4. The Morgan fingerprint density at radius 1 is 0.964 bits per heavy atom. The molecule has 1 amide bonds. The van der Waals surface area contributed by atoms with Crippen molar-refractivity contribution < 1.29 is 4.79 Å². The summed E-state index contributed by atoms with van der Waals surface area (Å²) in [5.74, 6) is 0.598. The van der Waals surface area contributed by atoms with Crippen LogP contribution in [0.1, 0.15) is 62.0 Å².